The highest BCUT2D eigenvalue weighted by Crippen LogP contribution is 2.28. The third kappa shape index (κ3) is 5.76. The highest BCUT2D eigenvalue weighted by molar-refractivity contribution is 5.81. The van der Waals surface area contributed by atoms with E-state index in [2.05, 4.69) is 6.92 Å². The fourth-order valence-corrected chi connectivity index (χ4v) is 4.10. The third-order valence-electron chi connectivity index (χ3n) is 5.49. The Hall–Kier alpha value is -1.10. The molecule has 1 saturated carbocycles. The second-order valence-electron chi connectivity index (χ2n) is 7.65. The smallest absolute Gasteiger partial charge is 0.303 e. The van der Waals surface area contributed by atoms with Crippen molar-refractivity contribution in [2.75, 3.05) is 13.1 Å². The number of aliphatic carboxylic acids is 1. The highest BCUT2D eigenvalue weighted by atomic mass is 16.5. The Balaban J connectivity index is 1.86. The standard InChI is InChI=1S/C19H33NO4/c1-3-17(24-16-8-4-6-14(2)12-16)19(23)20-11-5-7-15(13-20)9-10-18(21)22/h14-17H,3-13H2,1-2H3,(H,21,22). The molecule has 1 N–H and O–H groups in total. The van der Waals surface area contributed by atoms with Gasteiger partial charge in [-0.05, 0) is 50.4 Å². The van der Waals surface area contributed by atoms with Gasteiger partial charge in [-0.2, -0.15) is 0 Å². The molecule has 138 valence electrons. The monoisotopic (exact) mass is 339 g/mol. The number of hydrogen-bond acceptors (Lipinski definition) is 3. The molecule has 1 aliphatic heterocycles. The Morgan fingerprint density at radius 2 is 2.04 bits per heavy atom. The molecule has 2 aliphatic rings. The summed E-state index contributed by atoms with van der Waals surface area (Å²) in [5.74, 6) is 0.355. The van der Waals surface area contributed by atoms with E-state index in [-0.39, 0.29) is 24.5 Å². The number of piperidine rings is 1. The van der Waals surface area contributed by atoms with Gasteiger partial charge in [-0.15, -0.1) is 0 Å². The molecule has 0 spiro atoms. The predicted molar refractivity (Wildman–Crippen MR) is 92.8 cm³/mol. The molecule has 24 heavy (non-hydrogen) atoms. The van der Waals surface area contributed by atoms with Crippen LogP contribution in [0.2, 0.25) is 0 Å². The maximum atomic E-state index is 12.9. The summed E-state index contributed by atoms with van der Waals surface area (Å²) in [4.78, 5) is 25.5. The molecular weight excluding hydrogens is 306 g/mol. The zero-order chi connectivity index (χ0) is 17.5. The van der Waals surface area contributed by atoms with Crippen LogP contribution in [0.4, 0.5) is 0 Å². The number of rotatable bonds is 7. The van der Waals surface area contributed by atoms with Crippen molar-refractivity contribution < 1.29 is 19.4 Å². The molecule has 0 radical (unpaired) electrons. The van der Waals surface area contributed by atoms with Crippen molar-refractivity contribution in [1.29, 1.82) is 0 Å². The van der Waals surface area contributed by atoms with Gasteiger partial charge in [0.25, 0.3) is 5.91 Å². The van der Waals surface area contributed by atoms with E-state index >= 15 is 0 Å². The van der Waals surface area contributed by atoms with E-state index < -0.39 is 5.97 Å². The third-order valence-corrected chi connectivity index (χ3v) is 5.49. The maximum absolute atomic E-state index is 12.9. The molecule has 4 atom stereocenters. The summed E-state index contributed by atoms with van der Waals surface area (Å²) in [7, 11) is 0. The Kier molecular flexibility index (Phi) is 7.53. The van der Waals surface area contributed by atoms with Gasteiger partial charge >= 0.3 is 5.97 Å². The van der Waals surface area contributed by atoms with Crippen LogP contribution in [0.3, 0.4) is 0 Å². The largest absolute Gasteiger partial charge is 0.481 e. The van der Waals surface area contributed by atoms with E-state index in [4.69, 9.17) is 9.84 Å². The Labute approximate surface area is 145 Å². The lowest BCUT2D eigenvalue weighted by Crippen LogP contribution is -2.46. The summed E-state index contributed by atoms with van der Waals surface area (Å²) >= 11 is 0. The molecule has 0 bridgehead atoms. The Bertz CT molecular complexity index is 426. The van der Waals surface area contributed by atoms with Gasteiger partial charge in [-0.1, -0.05) is 26.7 Å². The molecule has 1 aliphatic carbocycles. The van der Waals surface area contributed by atoms with Crippen LogP contribution in [-0.2, 0) is 14.3 Å². The first-order valence-electron chi connectivity index (χ1n) is 9.65. The van der Waals surface area contributed by atoms with Crippen molar-refractivity contribution in [3.05, 3.63) is 0 Å². The number of carboxylic acid groups (broad SMARTS) is 1. The summed E-state index contributed by atoms with van der Waals surface area (Å²) in [5.41, 5.74) is 0. The van der Waals surface area contributed by atoms with Gasteiger partial charge in [0.2, 0.25) is 0 Å². The number of carbonyl (C=O) groups excluding carboxylic acids is 1. The zero-order valence-corrected chi connectivity index (χ0v) is 15.2. The van der Waals surface area contributed by atoms with Gasteiger partial charge in [0.15, 0.2) is 0 Å². The molecular formula is C19H33NO4. The first kappa shape index (κ1) is 19.2. The van der Waals surface area contributed by atoms with Gasteiger partial charge in [0.1, 0.15) is 6.10 Å². The zero-order valence-electron chi connectivity index (χ0n) is 15.2. The first-order chi connectivity index (χ1) is 11.5. The van der Waals surface area contributed by atoms with Crippen LogP contribution < -0.4 is 0 Å². The quantitative estimate of drug-likeness (QED) is 0.771. The fourth-order valence-electron chi connectivity index (χ4n) is 4.10. The number of hydrogen-bond donors (Lipinski definition) is 1. The van der Waals surface area contributed by atoms with E-state index in [1.165, 1.54) is 12.8 Å². The number of amides is 1. The summed E-state index contributed by atoms with van der Waals surface area (Å²) in [6, 6.07) is 0. The van der Waals surface area contributed by atoms with Crippen molar-refractivity contribution >= 4 is 11.9 Å². The van der Waals surface area contributed by atoms with Gasteiger partial charge in [-0.25, -0.2) is 0 Å². The summed E-state index contributed by atoms with van der Waals surface area (Å²) in [6.07, 6.45) is 8.02. The predicted octanol–water partition coefficient (Wildman–Crippen LogP) is 3.46. The number of nitrogens with zero attached hydrogens (tertiary/aromatic N) is 1. The topological polar surface area (TPSA) is 66.8 Å². The van der Waals surface area contributed by atoms with Crippen molar-refractivity contribution in [2.24, 2.45) is 11.8 Å². The fraction of sp³-hybridized carbons (Fsp3) is 0.895. The number of ether oxygens (including phenoxy) is 1. The number of carbonyl (C=O) groups is 2. The Morgan fingerprint density at radius 3 is 2.71 bits per heavy atom. The van der Waals surface area contributed by atoms with Crippen molar-refractivity contribution in [3.8, 4) is 0 Å². The average molecular weight is 339 g/mol. The SMILES string of the molecule is CCC(OC1CCCC(C)C1)C(=O)N1CCCC(CCC(=O)O)C1. The van der Waals surface area contributed by atoms with E-state index in [0.29, 0.717) is 31.2 Å². The van der Waals surface area contributed by atoms with Gasteiger partial charge in [0.05, 0.1) is 6.10 Å². The molecule has 2 fully saturated rings. The number of carboxylic acids is 1. The number of likely N-dealkylation sites (tertiary alicyclic amines) is 1. The van der Waals surface area contributed by atoms with Gasteiger partial charge in [0, 0.05) is 19.5 Å². The van der Waals surface area contributed by atoms with Gasteiger partial charge < -0.3 is 14.7 Å². The van der Waals surface area contributed by atoms with E-state index in [0.717, 1.165) is 32.2 Å². The minimum Gasteiger partial charge on any atom is -0.481 e. The molecule has 0 aromatic rings. The normalized spacial score (nSPS) is 29.2. The molecule has 0 aromatic carbocycles. The molecule has 5 heteroatoms. The first-order valence-corrected chi connectivity index (χ1v) is 9.65. The molecule has 2 rings (SSSR count). The molecule has 4 unspecified atom stereocenters. The lowest BCUT2D eigenvalue weighted by Gasteiger charge is -2.36. The molecule has 1 heterocycles. The minimum absolute atomic E-state index is 0.107. The molecule has 1 saturated heterocycles. The molecule has 5 nitrogen and oxygen atoms in total. The van der Waals surface area contributed by atoms with E-state index in [1.807, 2.05) is 11.8 Å². The van der Waals surface area contributed by atoms with E-state index in [1.54, 1.807) is 0 Å². The minimum atomic E-state index is -0.750. The van der Waals surface area contributed by atoms with Crippen molar-refractivity contribution in [3.63, 3.8) is 0 Å². The van der Waals surface area contributed by atoms with Crippen LogP contribution in [0.15, 0.2) is 0 Å². The average Bonchev–Trinajstić information content (AvgIpc) is 2.57. The van der Waals surface area contributed by atoms with Crippen LogP contribution in [0, 0.1) is 11.8 Å². The van der Waals surface area contributed by atoms with E-state index in [9.17, 15) is 9.59 Å². The lowest BCUT2D eigenvalue weighted by atomic mass is 9.88. The Morgan fingerprint density at radius 1 is 1.25 bits per heavy atom. The second kappa shape index (κ2) is 9.40. The van der Waals surface area contributed by atoms with Crippen LogP contribution in [0.25, 0.3) is 0 Å². The summed E-state index contributed by atoms with van der Waals surface area (Å²) in [6.45, 7) is 5.74. The van der Waals surface area contributed by atoms with Crippen molar-refractivity contribution in [2.45, 2.75) is 83.8 Å². The second-order valence-corrected chi connectivity index (χ2v) is 7.65. The molecule has 1 amide bonds. The summed E-state index contributed by atoms with van der Waals surface area (Å²) in [5, 5.41) is 8.85. The molecule has 0 aromatic heterocycles. The van der Waals surface area contributed by atoms with Crippen LogP contribution in [0.5, 0.6) is 0 Å². The van der Waals surface area contributed by atoms with Crippen LogP contribution >= 0.6 is 0 Å². The summed E-state index contributed by atoms with van der Waals surface area (Å²) < 4.78 is 6.17. The van der Waals surface area contributed by atoms with Crippen LogP contribution in [0.1, 0.15) is 71.6 Å². The van der Waals surface area contributed by atoms with Gasteiger partial charge in [-0.3, -0.25) is 9.59 Å². The maximum Gasteiger partial charge on any atom is 0.303 e. The lowest BCUT2D eigenvalue weighted by molar-refractivity contribution is -0.151. The van der Waals surface area contributed by atoms with Crippen molar-refractivity contribution in [1.82, 2.24) is 4.90 Å². The highest BCUT2D eigenvalue weighted by Gasteiger charge is 2.31. The van der Waals surface area contributed by atoms with Crippen LogP contribution in [-0.4, -0.2) is 47.2 Å².